The van der Waals surface area contributed by atoms with E-state index in [0.717, 1.165) is 5.92 Å². The summed E-state index contributed by atoms with van der Waals surface area (Å²) < 4.78 is 1.71. The van der Waals surface area contributed by atoms with Crippen LogP contribution in [0.15, 0.2) is 18.7 Å². The van der Waals surface area contributed by atoms with Gasteiger partial charge in [0.25, 0.3) is 0 Å². The fourth-order valence-electron chi connectivity index (χ4n) is 2.22. The van der Waals surface area contributed by atoms with E-state index >= 15 is 0 Å². The third-order valence-electron chi connectivity index (χ3n) is 3.27. The van der Waals surface area contributed by atoms with Crippen molar-refractivity contribution >= 4 is 11.9 Å². The van der Waals surface area contributed by atoms with Crippen molar-refractivity contribution in [2.75, 3.05) is 11.1 Å². The number of hydrogen-bond acceptors (Lipinski definition) is 6. The lowest BCUT2D eigenvalue weighted by Crippen LogP contribution is -2.13. The molecule has 3 rings (SSSR count). The molecule has 2 heterocycles. The molecule has 2 aromatic rings. The molecule has 0 aromatic carbocycles. The van der Waals surface area contributed by atoms with Crippen LogP contribution >= 0.6 is 0 Å². The maximum Gasteiger partial charge on any atom is 0.241 e. The quantitative estimate of drug-likeness (QED) is 0.839. The van der Waals surface area contributed by atoms with E-state index in [1.165, 1.54) is 19.3 Å². The standard InChI is InChI=1S/C12H17N7/c1-2-3-8-6-9(8)15-11-16-10(13)17-12(18-11)19-5-4-14-7-19/h4-5,7-9H,2-3,6H2,1H3,(H3,13,15,16,17,18). The molecule has 0 radical (unpaired) electrons. The zero-order valence-corrected chi connectivity index (χ0v) is 10.8. The van der Waals surface area contributed by atoms with E-state index in [-0.39, 0.29) is 5.95 Å². The second kappa shape index (κ2) is 4.83. The summed E-state index contributed by atoms with van der Waals surface area (Å²) in [6.45, 7) is 2.20. The summed E-state index contributed by atoms with van der Waals surface area (Å²) in [6, 6.07) is 0.470. The molecule has 0 bridgehead atoms. The van der Waals surface area contributed by atoms with Crippen LogP contribution in [0.3, 0.4) is 0 Å². The summed E-state index contributed by atoms with van der Waals surface area (Å²) in [5.74, 6) is 1.98. The third-order valence-corrected chi connectivity index (χ3v) is 3.27. The van der Waals surface area contributed by atoms with E-state index in [0.29, 0.717) is 17.9 Å². The molecule has 0 amide bonds. The Morgan fingerprint density at radius 1 is 1.42 bits per heavy atom. The summed E-state index contributed by atoms with van der Waals surface area (Å²) in [5, 5.41) is 3.32. The number of nitrogen functional groups attached to an aromatic ring is 1. The fourth-order valence-corrected chi connectivity index (χ4v) is 2.22. The number of hydrogen-bond donors (Lipinski definition) is 2. The van der Waals surface area contributed by atoms with Gasteiger partial charge in [-0.25, -0.2) is 4.98 Å². The number of nitrogens with two attached hydrogens (primary N) is 1. The highest BCUT2D eigenvalue weighted by molar-refractivity contribution is 5.37. The number of imidazole rings is 1. The highest BCUT2D eigenvalue weighted by atomic mass is 15.3. The van der Waals surface area contributed by atoms with Crippen molar-refractivity contribution < 1.29 is 0 Å². The zero-order chi connectivity index (χ0) is 13.2. The van der Waals surface area contributed by atoms with Crippen LogP contribution in [-0.4, -0.2) is 30.5 Å². The van der Waals surface area contributed by atoms with Crippen LogP contribution in [0.1, 0.15) is 26.2 Å². The smallest absolute Gasteiger partial charge is 0.241 e. The Morgan fingerprint density at radius 2 is 2.32 bits per heavy atom. The molecule has 1 fully saturated rings. The zero-order valence-electron chi connectivity index (χ0n) is 10.8. The fraction of sp³-hybridized carbons (Fsp3) is 0.500. The van der Waals surface area contributed by atoms with Crippen LogP contribution in [0.5, 0.6) is 0 Å². The second-order valence-electron chi connectivity index (χ2n) is 4.82. The molecular weight excluding hydrogens is 242 g/mol. The van der Waals surface area contributed by atoms with Crippen LogP contribution < -0.4 is 11.1 Å². The van der Waals surface area contributed by atoms with Gasteiger partial charge in [-0.15, -0.1) is 0 Å². The lowest BCUT2D eigenvalue weighted by molar-refractivity contribution is 0.691. The van der Waals surface area contributed by atoms with Crippen molar-refractivity contribution in [1.82, 2.24) is 24.5 Å². The predicted octanol–water partition coefficient (Wildman–Crippen LogP) is 1.24. The van der Waals surface area contributed by atoms with Gasteiger partial charge in [0, 0.05) is 18.4 Å². The van der Waals surface area contributed by atoms with Crippen molar-refractivity contribution in [3.63, 3.8) is 0 Å². The van der Waals surface area contributed by atoms with E-state index in [1.54, 1.807) is 23.3 Å². The van der Waals surface area contributed by atoms with E-state index < -0.39 is 0 Å². The Balaban J connectivity index is 1.76. The molecule has 2 unspecified atom stereocenters. The van der Waals surface area contributed by atoms with Gasteiger partial charge in [-0.05, 0) is 18.8 Å². The van der Waals surface area contributed by atoms with Crippen LogP contribution in [0.4, 0.5) is 11.9 Å². The summed E-state index contributed by atoms with van der Waals surface area (Å²) in [4.78, 5) is 16.6. The monoisotopic (exact) mass is 259 g/mol. The van der Waals surface area contributed by atoms with Crippen LogP contribution in [0, 0.1) is 5.92 Å². The Hall–Kier alpha value is -2.18. The average Bonchev–Trinajstić information content (AvgIpc) is 2.92. The molecule has 100 valence electrons. The molecule has 7 nitrogen and oxygen atoms in total. The first-order valence-corrected chi connectivity index (χ1v) is 6.52. The van der Waals surface area contributed by atoms with Gasteiger partial charge < -0.3 is 11.1 Å². The second-order valence-corrected chi connectivity index (χ2v) is 4.82. The molecule has 1 saturated carbocycles. The van der Waals surface area contributed by atoms with Crippen molar-refractivity contribution in [2.24, 2.45) is 5.92 Å². The Labute approximate surface area is 111 Å². The average molecular weight is 259 g/mol. The first-order valence-electron chi connectivity index (χ1n) is 6.52. The molecule has 19 heavy (non-hydrogen) atoms. The van der Waals surface area contributed by atoms with Gasteiger partial charge in [-0.3, -0.25) is 4.57 Å². The molecule has 1 aliphatic carbocycles. The first kappa shape index (κ1) is 11.9. The Morgan fingerprint density at radius 3 is 3.05 bits per heavy atom. The summed E-state index contributed by atoms with van der Waals surface area (Å²) in [5.41, 5.74) is 5.72. The Kier molecular flexibility index (Phi) is 3.02. The molecule has 2 aromatic heterocycles. The van der Waals surface area contributed by atoms with Gasteiger partial charge in [0.05, 0.1) is 0 Å². The topological polar surface area (TPSA) is 94.5 Å². The molecule has 0 spiro atoms. The van der Waals surface area contributed by atoms with Gasteiger partial charge in [0.15, 0.2) is 0 Å². The van der Waals surface area contributed by atoms with Gasteiger partial charge in [0.2, 0.25) is 17.8 Å². The summed E-state index contributed by atoms with van der Waals surface area (Å²) in [6.07, 6.45) is 8.71. The summed E-state index contributed by atoms with van der Waals surface area (Å²) >= 11 is 0. The normalized spacial score (nSPS) is 21.3. The minimum Gasteiger partial charge on any atom is -0.368 e. The number of aromatic nitrogens is 5. The predicted molar refractivity (Wildman–Crippen MR) is 71.8 cm³/mol. The largest absolute Gasteiger partial charge is 0.368 e. The minimum atomic E-state index is 0.217. The van der Waals surface area contributed by atoms with Gasteiger partial charge in [-0.1, -0.05) is 13.3 Å². The molecule has 1 aliphatic rings. The molecule has 3 N–H and O–H groups in total. The number of nitrogens with zero attached hydrogens (tertiary/aromatic N) is 5. The van der Waals surface area contributed by atoms with Crippen LogP contribution in [-0.2, 0) is 0 Å². The van der Waals surface area contributed by atoms with Crippen molar-refractivity contribution in [3.05, 3.63) is 18.7 Å². The van der Waals surface area contributed by atoms with Crippen molar-refractivity contribution in [2.45, 2.75) is 32.2 Å². The Bertz CT molecular complexity index is 551. The lowest BCUT2D eigenvalue weighted by Gasteiger charge is -2.07. The van der Waals surface area contributed by atoms with Gasteiger partial charge in [-0.2, -0.15) is 15.0 Å². The first-order chi connectivity index (χ1) is 9.26. The number of rotatable bonds is 5. The SMILES string of the molecule is CCCC1CC1Nc1nc(N)nc(-n2ccnc2)n1. The number of anilines is 2. The molecule has 2 atom stereocenters. The maximum absolute atomic E-state index is 5.72. The molecule has 0 saturated heterocycles. The maximum atomic E-state index is 5.72. The minimum absolute atomic E-state index is 0.217. The van der Waals surface area contributed by atoms with E-state index in [9.17, 15) is 0 Å². The van der Waals surface area contributed by atoms with Crippen LogP contribution in [0.2, 0.25) is 0 Å². The van der Waals surface area contributed by atoms with E-state index in [2.05, 4.69) is 32.2 Å². The van der Waals surface area contributed by atoms with Crippen molar-refractivity contribution in [3.8, 4) is 5.95 Å². The molecule has 0 aliphatic heterocycles. The lowest BCUT2D eigenvalue weighted by atomic mass is 10.2. The molecule has 7 heteroatoms. The summed E-state index contributed by atoms with van der Waals surface area (Å²) in [7, 11) is 0. The van der Waals surface area contributed by atoms with Gasteiger partial charge >= 0.3 is 0 Å². The van der Waals surface area contributed by atoms with Crippen molar-refractivity contribution in [1.29, 1.82) is 0 Å². The molecular formula is C12H17N7. The van der Waals surface area contributed by atoms with E-state index in [1.807, 2.05) is 0 Å². The third kappa shape index (κ3) is 2.64. The highest BCUT2D eigenvalue weighted by Gasteiger charge is 2.36. The highest BCUT2D eigenvalue weighted by Crippen LogP contribution is 2.36. The van der Waals surface area contributed by atoms with E-state index in [4.69, 9.17) is 5.73 Å². The number of nitrogens with one attached hydrogen (secondary N) is 1. The van der Waals surface area contributed by atoms with Crippen LogP contribution in [0.25, 0.3) is 5.95 Å². The van der Waals surface area contributed by atoms with Gasteiger partial charge in [0.1, 0.15) is 6.33 Å².